The normalized spacial score (nSPS) is 14.7. The van der Waals surface area contributed by atoms with Gasteiger partial charge in [0.05, 0.1) is 36.6 Å². The fourth-order valence-corrected chi connectivity index (χ4v) is 3.63. The van der Waals surface area contributed by atoms with Gasteiger partial charge >= 0.3 is 11.9 Å². The van der Waals surface area contributed by atoms with Crippen LogP contribution < -0.4 is 10.2 Å². The van der Waals surface area contributed by atoms with Crippen molar-refractivity contribution in [1.82, 2.24) is 4.98 Å². The molecular formula is C24H21N3O5. The van der Waals surface area contributed by atoms with E-state index in [-0.39, 0.29) is 17.0 Å². The summed E-state index contributed by atoms with van der Waals surface area (Å²) in [4.78, 5) is 43.6. The SMILES string of the molecule is COC(=O)c1cc(NC2c3ncccc3C(=O)N2c2ccc(C)cc2)cc(C(=O)OC)c1. The maximum Gasteiger partial charge on any atom is 0.337 e. The number of benzene rings is 2. The van der Waals surface area contributed by atoms with Crippen molar-refractivity contribution >= 4 is 29.2 Å². The number of fused-ring (bicyclic) bond motifs is 1. The first-order valence-corrected chi connectivity index (χ1v) is 9.86. The smallest absolute Gasteiger partial charge is 0.337 e. The molecule has 8 heteroatoms. The van der Waals surface area contributed by atoms with Crippen LogP contribution in [0.4, 0.5) is 11.4 Å². The Labute approximate surface area is 184 Å². The van der Waals surface area contributed by atoms with Crippen LogP contribution in [-0.2, 0) is 9.47 Å². The van der Waals surface area contributed by atoms with Gasteiger partial charge in [-0.15, -0.1) is 0 Å². The summed E-state index contributed by atoms with van der Waals surface area (Å²) in [6.45, 7) is 1.97. The van der Waals surface area contributed by atoms with Crippen molar-refractivity contribution in [3.63, 3.8) is 0 Å². The number of ether oxygens (including phenoxy) is 2. The molecule has 4 rings (SSSR count). The van der Waals surface area contributed by atoms with Crippen molar-refractivity contribution in [2.75, 3.05) is 24.4 Å². The van der Waals surface area contributed by atoms with Crippen LogP contribution in [0.25, 0.3) is 0 Å². The molecule has 1 atom stereocenters. The Morgan fingerprint density at radius 3 is 2.19 bits per heavy atom. The lowest BCUT2D eigenvalue weighted by molar-refractivity contribution is 0.0599. The van der Waals surface area contributed by atoms with Crippen molar-refractivity contribution in [3.05, 3.63) is 88.7 Å². The van der Waals surface area contributed by atoms with Crippen LogP contribution in [0, 0.1) is 6.92 Å². The second-order valence-corrected chi connectivity index (χ2v) is 7.28. The molecule has 3 aromatic rings. The Hall–Kier alpha value is -4.20. The minimum atomic E-state index is -0.653. The number of nitrogens with one attached hydrogen (secondary N) is 1. The zero-order chi connectivity index (χ0) is 22.8. The van der Waals surface area contributed by atoms with Gasteiger partial charge in [-0.05, 0) is 49.4 Å². The second kappa shape index (κ2) is 8.50. The predicted octanol–water partition coefficient (Wildman–Crippen LogP) is 3.73. The molecule has 1 aromatic heterocycles. The Bertz CT molecular complexity index is 1170. The largest absolute Gasteiger partial charge is 0.465 e. The summed E-state index contributed by atoms with van der Waals surface area (Å²) >= 11 is 0. The summed E-state index contributed by atoms with van der Waals surface area (Å²) in [5, 5.41) is 3.26. The number of anilines is 2. The van der Waals surface area contributed by atoms with Gasteiger partial charge in [-0.1, -0.05) is 17.7 Å². The molecule has 2 aromatic carbocycles. The highest BCUT2D eigenvalue weighted by molar-refractivity contribution is 6.11. The molecule has 1 aliphatic heterocycles. The standard InChI is InChI=1S/C24H21N3O5/c1-14-6-8-18(9-7-14)27-21(20-19(22(27)28)5-4-10-25-20)26-17-12-15(23(29)31-2)11-16(13-17)24(30)32-3/h4-13,21,26H,1-3H3. The van der Waals surface area contributed by atoms with Crippen LogP contribution in [0.15, 0.2) is 60.8 Å². The number of amides is 1. The van der Waals surface area contributed by atoms with Crippen LogP contribution in [-0.4, -0.2) is 37.0 Å². The first kappa shape index (κ1) is 21.0. The van der Waals surface area contributed by atoms with E-state index in [4.69, 9.17) is 9.47 Å². The summed E-state index contributed by atoms with van der Waals surface area (Å²) < 4.78 is 9.62. The van der Waals surface area contributed by atoms with Gasteiger partial charge < -0.3 is 14.8 Å². The number of carbonyl (C=O) groups excluding carboxylic acids is 3. The highest BCUT2D eigenvalue weighted by Gasteiger charge is 2.39. The lowest BCUT2D eigenvalue weighted by Crippen LogP contribution is -2.32. The molecule has 0 saturated carbocycles. The number of esters is 2. The first-order chi connectivity index (χ1) is 15.4. The number of methoxy groups -OCH3 is 2. The summed E-state index contributed by atoms with van der Waals surface area (Å²) in [6, 6.07) is 15.5. The average Bonchev–Trinajstić information content (AvgIpc) is 3.10. The van der Waals surface area contributed by atoms with Crippen molar-refractivity contribution in [1.29, 1.82) is 0 Å². The first-order valence-electron chi connectivity index (χ1n) is 9.86. The van der Waals surface area contributed by atoms with Gasteiger partial charge in [-0.2, -0.15) is 0 Å². The zero-order valence-electron chi connectivity index (χ0n) is 17.8. The Kier molecular flexibility index (Phi) is 5.59. The average molecular weight is 431 g/mol. The lowest BCUT2D eigenvalue weighted by atomic mass is 10.1. The molecule has 1 N–H and O–H groups in total. The number of aromatic nitrogens is 1. The quantitative estimate of drug-likeness (QED) is 0.615. The monoisotopic (exact) mass is 431 g/mol. The van der Waals surface area contributed by atoms with Gasteiger partial charge in [0.25, 0.3) is 5.91 Å². The maximum absolute atomic E-state index is 13.2. The van der Waals surface area contributed by atoms with Crippen LogP contribution in [0.1, 0.15) is 48.5 Å². The van der Waals surface area contributed by atoms with Crippen LogP contribution in [0.3, 0.4) is 0 Å². The molecule has 1 amide bonds. The molecule has 0 aliphatic carbocycles. The number of hydrogen-bond donors (Lipinski definition) is 1. The van der Waals surface area contributed by atoms with Gasteiger partial charge in [-0.3, -0.25) is 14.7 Å². The molecule has 32 heavy (non-hydrogen) atoms. The predicted molar refractivity (Wildman–Crippen MR) is 118 cm³/mol. The molecule has 0 bridgehead atoms. The highest BCUT2D eigenvalue weighted by Crippen LogP contribution is 2.37. The van der Waals surface area contributed by atoms with Gasteiger partial charge in [0.2, 0.25) is 0 Å². The van der Waals surface area contributed by atoms with Crippen molar-refractivity contribution in [3.8, 4) is 0 Å². The fraction of sp³-hybridized carbons (Fsp3) is 0.167. The third-order valence-electron chi connectivity index (χ3n) is 5.20. The molecule has 2 heterocycles. The topological polar surface area (TPSA) is 97.8 Å². The van der Waals surface area contributed by atoms with Gasteiger partial charge in [0, 0.05) is 17.6 Å². The van der Waals surface area contributed by atoms with E-state index in [2.05, 4.69) is 10.3 Å². The number of aryl methyl sites for hydroxylation is 1. The molecule has 1 aliphatic rings. The molecule has 0 saturated heterocycles. The fourth-order valence-electron chi connectivity index (χ4n) is 3.63. The van der Waals surface area contributed by atoms with E-state index in [1.165, 1.54) is 20.3 Å². The summed E-state index contributed by atoms with van der Waals surface area (Å²) in [6.07, 6.45) is 0.962. The van der Waals surface area contributed by atoms with E-state index >= 15 is 0 Å². The summed E-state index contributed by atoms with van der Waals surface area (Å²) in [5.41, 5.74) is 3.55. The molecule has 0 radical (unpaired) electrons. The van der Waals surface area contributed by atoms with E-state index in [0.717, 1.165) is 5.56 Å². The Balaban J connectivity index is 1.80. The maximum atomic E-state index is 13.2. The van der Waals surface area contributed by atoms with Crippen LogP contribution >= 0.6 is 0 Å². The van der Waals surface area contributed by atoms with E-state index in [1.807, 2.05) is 31.2 Å². The zero-order valence-corrected chi connectivity index (χ0v) is 17.8. The Morgan fingerprint density at radius 1 is 0.969 bits per heavy atom. The number of nitrogens with zero attached hydrogens (tertiary/aromatic N) is 2. The third-order valence-corrected chi connectivity index (χ3v) is 5.20. The van der Waals surface area contributed by atoms with E-state index in [1.54, 1.807) is 35.4 Å². The summed E-state index contributed by atoms with van der Waals surface area (Å²) in [5.74, 6) is -1.41. The minimum Gasteiger partial charge on any atom is -0.465 e. The number of carbonyl (C=O) groups is 3. The number of pyridine rings is 1. The van der Waals surface area contributed by atoms with Gasteiger partial charge in [-0.25, -0.2) is 9.59 Å². The molecule has 162 valence electrons. The number of hydrogen-bond acceptors (Lipinski definition) is 7. The van der Waals surface area contributed by atoms with E-state index in [9.17, 15) is 14.4 Å². The van der Waals surface area contributed by atoms with Crippen LogP contribution in [0.2, 0.25) is 0 Å². The minimum absolute atomic E-state index is 0.172. The molecule has 8 nitrogen and oxygen atoms in total. The number of rotatable bonds is 5. The van der Waals surface area contributed by atoms with Crippen molar-refractivity contribution < 1.29 is 23.9 Å². The Morgan fingerprint density at radius 2 is 1.59 bits per heavy atom. The van der Waals surface area contributed by atoms with Crippen LogP contribution in [0.5, 0.6) is 0 Å². The van der Waals surface area contributed by atoms with Gasteiger partial charge in [0.1, 0.15) is 0 Å². The molecule has 1 unspecified atom stereocenters. The van der Waals surface area contributed by atoms with E-state index in [0.29, 0.717) is 22.6 Å². The second-order valence-electron chi connectivity index (χ2n) is 7.28. The molecular weight excluding hydrogens is 410 g/mol. The molecule has 0 spiro atoms. The van der Waals surface area contributed by atoms with Crippen molar-refractivity contribution in [2.45, 2.75) is 13.1 Å². The summed E-state index contributed by atoms with van der Waals surface area (Å²) in [7, 11) is 2.52. The highest BCUT2D eigenvalue weighted by atomic mass is 16.5. The lowest BCUT2D eigenvalue weighted by Gasteiger charge is -2.27. The third kappa shape index (κ3) is 3.78. The van der Waals surface area contributed by atoms with E-state index < -0.39 is 18.1 Å². The van der Waals surface area contributed by atoms with Crippen molar-refractivity contribution in [2.24, 2.45) is 0 Å². The molecule has 0 fully saturated rings. The van der Waals surface area contributed by atoms with Gasteiger partial charge in [0.15, 0.2) is 6.17 Å².